The molecule has 0 unspecified atom stereocenters. The van der Waals surface area contributed by atoms with E-state index in [1.807, 2.05) is 23.9 Å². The average Bonchev–Trinajstić information content (AvgIpc) is 2.16. The van der Waals surface area contributed by atoms with E-state index in [-0.39, 0.29) is 0 Å². The Morgan fingerprint density at radius 3 is 3.00 bits per heavy atom. The zero-order valence-corrected chi connectivity index (χ0v) is 9.29. The molecule has 1 aromatic carbocycles. The summed E-state index contributed by atoms with van der Waals surface area (Å²) in [7, 11) is 0. The summed E-state index contributed by atoms with van der Waals surface area (Å²) in [4.78, 5) is 1.29. The first-order chi connectivity index (χ1) is 6.36. The fraction of sp³-hybridized carbons (Fsp3) is 0.273. The number of hydrogen-bond acceptors (Lipinski definition) is 2. The van der Waals surface area contributed by atoms with Gasteiger partial charge in [-0.15, -0.1) is 11.8 Å². The van der Waals surface area contributed by atoms with E-state index in [9.17, 15) is 0 Å². The molecule has 0 aromatic heterocycles. The molecule has 0 amide bonds. The molecular formula is C11H12S2. The van der Waals surface area contributed by atoms with Crippen LogP contribution in [0, 0.1) is 11.8 Å². The molecule has 2 heteroatoms. The Hall–Kier alpha value is -0.520. The number of thioether (sulfide) groups is 1. The van der Waals surface area contributed by atoms with Crippen LogP contribution in [-0.2, 0) is 0 Å². The molecule has 0 heterocycles. The van der Waals surface area contributed by atoms with Crippen LogP contribution in [0.1, 0.15) is 12.5 Å². The SMILES string of the molecule is CCSc1cccc(C#CCS)c1. The fourth-order valence-corrected chi connectivity index (χ4v) is 1.77. The number of rotatable bonds is 2. The monoisotopic (exact) mass is 208 g/mol. The maximum absolute atomic E-state index is 4.04. The zero-order valence-electron chi connectivity index (χ0n) is 7.58. The van der Waals surface area contributed by atoms with E-state index in [0.717, 1.165) is 11.3 Å². The number of thiol groups is 1. The first-order valence-corrected chi connectivity index (χ1v) is 5.81. The van der Waals surface area contributed by atoms with Crippen LogP contribution in [0.4, 0.5) is 0 Å². The normalized spacial score (nSPS) is 9.08. The Morgan fingerprint density at radius 2 is 2.31 bits per heavy atom. The maximum Gasteiger partial charge on any atom is 0.0521 e. The van der Waals surface area contributed by atoms with Gasteiger partial charge >= 0.3 is 0 Å². The Kier molecular flexibility index (Phi) is 4.88. The van der Waals surface area contributed by atoms with Gasteiger partial charge in [0.25, 0.3) is 0 Å². The summed E-state index contributed by atoms with van der Waals surface area (Å²) < 4.78 is 0. The maximum atomic E-state index is 4.04. The highest BCUT2D eigenvalue weighted by atomic mass is 32.2. The molecule has 0 radical (unpaired) electrons. The van der Waals surface area contributed by atoms with Crippen molar-refractivity contribution in [2.75, 3.05) is 11.5 Å². The highest BCUT2D eigenvalue weighted by molar-refractivity contribution is 7.99. The number of hydrogen-bond donors (Lipinski definition) is 1. The molecule has 1 rings (SSSR count). The molecule has 0 bridgehead atoms. The highest BCUT2D eigenvalue weighted by Crippen LogP contribution is 2.17. The molecule has 0 nitrogen and oxygen atoms in total. The Bertz CT molecular complexity index is 320. The topological polar surface area (TPSA) is 0 Å². The molecule has 68 valence electrons. The Labute approximate surface area is 89.5 Å². The first kappa shape index (κ1) is 10.6. The van der Waals surface area contributed by atoms with Crippen LogP contribution in [0.5, 0.6) is 0 Å². The van der Waals surface area contributed by atoms with E-state index < -0.39 is 0 Å². The molecule has 0 N–H and O–H groups in total. The van der Waals surface area contributed by atoms with Crippen molar-refractivity contribution >= 4 is 24.4 Å². The lowest BCUT2D eigenvalue weighted by Crippen LogP contribution is -1.77. The van der Waals surface area contributed by atoms with Gasteiger partial charge in [-0.3, -0.25) is 0 Å². The van der Waals surface area contributed by atoms with Crippen LogP contribution >= 0.6 is 24.4 Å². The van der Waals surface area contributed by atoms with Crippen molar-refractivity contribution in [3.05, 3.63) is 29.8 Å². The summed E-state index contributed by atoms with van der Waals surface area (Å²) >= 11 is 5.88. The molecule has 0 atom stereocenters. The summed E-state index contributed by atoms with van der Waals surface area (Å²) in [5.74, 6) is 7.71. The van der Waals surface area contributed by atoms with Gasteiger partial charge in [0.15, 0.2) is 0 Å². The Morgan fingerprint density at radius 1 is 1.46 bits per heavy atom. The summed E-state index contributed by atoms with van der Waals surface area (Å²) in [6.07, 6.45) is 0. The minimum absolute atomic E-state index is 0.616. The predicted molar refractivity (Wildman–Crippen MR) is 63.6 cm³/mol. The lowest BCUT2D eigenvalue weighted by molar-refractivity contribution is 1.41. The minimum Gasteiger partial charge on any atom is -0.166 e. The van der Waals surface area contributed by atoms with Gasteiger partial charge in [-0.1, -0.05) is 24.8 Å². The van der Waals surface area contributed by atoms with E-state index in [4.69, 9.17) is 0 Å². The first-order valence-electron chi connectivity index (χ1n) is 4.19. The van der Waals surface area contributed by atoms with Crippen molar-refractivity contribution in [2.24, 2.45) is 0 Å². The van der Waals surface area contributed by atoms with Crippen LogP contribution < -0.4 is 0 Å². The van der Waals surface area contributed by atoms with Gasteiger partial charge in [-0.25, -0.2) is 0 Å². The second kappa shape index (κ2) is 6.01. The molecule has 0 aliphatic heterocycles. The smallest absolute Gasteiger partial charge is 0.0521 e. The van der Waals surface area contributed by atoms with Crippen molar-refractivity contribution < 1.29 is 0 Å². The van der Waals surface area contributed by atoms with Gasteiger partial charge in [0.05, 0.1) is 5.75 Å². The molecule has 0 spiro atoms. The van der Waals surface area contributed by atoms with Gasteiger partial charge < -0.3 is 0 Å². The van der Waals surface area contributed by atoms with E-state index in [1.54, 1.807) is 0 Å². The molecule has 0 aliphatic rings. The zero-order chi connectivity index (χ0) is 9.52. The standard InChI is InChI=1S/C11H12S2/c1-2-13-11-7-3-5-10(9-11)6-4-8-12/h3,5,7,9,12H,2,8H2,1H3. The summed E-state index contributed by atoms with van der Waals surface area (Å²) in [5, 5.41) is 0. The molecular weight excluding hydrogens is 196 g/mol. The second-order valence-electron chi connectivity index (χ2n) is 2.42. The molecule has 0 aliphatic carbocycles. The third-order valence-corrected chi connectivity index (χ3v) is 2.49. The fourth-order valence-electron chi connectivity index (χ4n) is 0.972. The molecule has 13 heavy (non-hydrogen) atoms. The average molecular weight is 208 g/mol. The lowest BCUT2D eigenvalue weighted by atomic mass is 10.2. The van der Waals surface area contributed by atoms with Crippen molar-refractivity contribution in [1.82, 2.24) is 0 Å². The number of benzene rings is 1. The molecule has 0 saturated heterocycles. The van der Waals surface area contributed by atoms with Crippen LogP contribution in [0.2, 0.25) is 0 Å². The van der Waals surface area contributed by atoms with E-state index in [1.165, 1.54) is 4.90 Å². The van der Waals surface area contributed by atoms with E-state index in [2.05, 4.69) is 43.5 Å². The minimum atomic E-state index is 0.616. The molecule has 1 aromatic rings. The highest BCUT2D eigenvalue weighted by Gasteiger charge is 1.91. The van der Waals surface area contributed by atoms with Gasteiger partial charge in [-0.05, 0) is 24.0 Å². The Balaban J connectivity index is 2.79. The van der Waals surface area contributed by atoms with Gasteiger partial charge in [0.2, 0.25) is 0 Å². The second-order valence-corrected chi connectivity index (χ2v) is 4.07. The van der Waals surface area contributed by atoms with E-state index >= 15 is 0 Å². The third-order valence-electron chi connectivity index (χ3n) is 1.46. The summed E-state index contributed by atoms with van der Waals surface area (Å²) in [6.45, 7) is 2.15. The summed E-state index contributed by atoms with van der Waals surface area (Å²) in [6, 6.07) is 8.29. The van der Waals surface area contributed by atoms with Crippen LogP contribution in [-0.4, -0.2) is 11.5 Å². The van der Waals surface area contributed by atoms with Crippen molar-refractivity contribution in [2.45, 2.75) is 11.8 Å². The van der Waals surface area contributed by atoms with Crippen molar-refractivity contribution in [3.8, 4) is 11.8 Å². The van der Waals surface area contributed by atoms with Crippen molar-refractivity contribution in [3.63, 3.8) is 0 Å². The molecule has 0 fully saturated rings. The quantitative estimate of drug-likeness (QED) is 0.443. The summed E-state index contributed by atoms with van der Waals surface area (Å²) in [5.41, 5.74) is 1.08. The predicted octanol–water partition coefficient (Wildman–Crippen LogP) is 3.08. The third kappa shape index (κ3) is 3.80. The van der Waals surface area contributed by atoms with Crippen LogP contribution in [0.3, 0.4) is 0 Å². The van der Waals surface area contributed by atoms with Crippen molar-refractivity contribution in [1.29, 1.82) is 0 Å². The van der Waals surface area contributed by atoms with Gasteiger partial charge in [-0.2, -0.15) is 12.6 Å². The van der Waals surface area contributed by atoms with E-state index in [0.29, 0.717) is 5.75 Å². The lowest BCUT2D eigenvalue weighted by Gasteiger charge is -1.97. The molecule has 0 saturated carbocycles. The van der Waals surface area contributed by atoms with Crippen LogP contribution in [0.25, 0.3) is 0 Å². The van der Waals surface area contributed by atoms with Crippen LogP contribution in [0.15, 0.2) is 29.2 Å². The van der Waals surface area contributed by atoms with Gasteiger partial charge in [0, 0.05) is 10.5 Å². The van der Waals surface area contributed by atoms with Gasteiger partial charge in [0.1, 0.15) is 0 Å². The largest absolute Gasteiger partial charge is 0.166 e.